The van der Waals surface area contributed by atoms with E-state index in [1.54, 1.807) is 0 Å². The summed E-state index contributed by atoms with van der Waals surface area (Å²) in [4.78, 5) is 14.3. The van der Waals surface area contributed by atoms with Gasteiger partial charge in [0.1, 0.15) is 0 Å². The number of carbonyl (C=O) groups is 1. The molecular weight excluding hydrogens is 216 g/mol. The zero-order valence-corrected chi connectivity index (χ0v) is 10.5. The van der Waals surface area contributed by atoms with Crippen LogP contribution in [0, 0.1) is 5.92 Å². The Bertz CT molecular complexity index is 244. The number of amides is 1. The fourth-order valence-electron chi connectivity index (χ4n) is 3.12. The Balaban J connectivity index is 1.71. The molecule has 0 aromatic rings. The normalized spacial score (nSPS) is 24.1. The van der Waals surface area contributed by atoms with Crippen molar-refractivity contribution in [2.24, 2.45) is 5.92 Å². The molecule has 2 aliphatic rings. The molecule has 0 radical (unpaired) electrons. The first-order valence-corrected chi connectivity index (χ1v) is 6.94. The minimum Gasteiger partial charge on any atom is -0.395 e. The lowest BCUT2D eigenvalue weighted by Gasteiger charge is -2.35. The van der Waals surface area contributed by atoms with E-state index in [9.17, 15) is 4.79 Å². The van der Waals surface area contributed by atoms with Crippen molar-refractivity contribution in [2.45, 2.75) is 44.6 Å². The molecule has 0 unspecified atom stereocenters. The average molecular weight is 240 g/mol. The highest BCUT2D eigenvalue weighted by atomic mass is 16.3. The lowest BCUT2D eigenvalue weighted by Crippen LogP contribution is -2.44. The van der Waals surface area contributed by atoms with E-state index in [2.05, 4.69) is 10.2 Å². The van der Waals surface area contributed by atoms with Gasteiger partial charge in [-0.15, -0.1) is 0 Å². The van der Waals surface area contributed by atoms with Gasteiger partial charge < -0.3 is 15.3 Å². The van der Waals surface area contributed by atoms with Gasteiger partial charge >= 0.3 is 0 Å². The van der Waals surface area contributed by atoms with Gasteiger partial charge in [-0.3, -0.25) is 4.79 Å². The third kappa shape index (κ3) is 3.42. The molecule has 98 valence electrons. The molecule has 0 atom stereocenters. The summed E-state index contributed by atoms with van der Waals surface area (Å²) in [7, 11) is 0. The van der Waals surface area contributed by atoms with Gasteiger partial charge in [0.15, 0.2) is 0 Å². The van der Waals surface area contributed by atoms with E-state index >= 15 is 0 Å². The molecule has 2 fully saturated rings. The molecule has 17 heavy (non-hydrogen) atoms. The second-order valence-corrected chi connectivity index (χ2v) is 5.26. The Kier molecular flexibility index (Phi) is 4.80. The molecule has 1 aliphatic carbocycles. The molecular formula is C13H24N2O2. The number of hydrogen-bond acceptors (Lipinski definition) is 3. The predicted octanol–water partition coefficient (Wildman–Crippen LogP) is 0.749. The number of hydrogen-bond donors (Lipinski definition) is 2. The van der Waals surface area contributed by atoms with Crippen molar-refractivity contribution in [1.29, 1.82) is 0 Å². The Labute approximate surface area is 103 Å². The second kappa shape index (κ2) is 6.36. The second-order valence-electron chi connectivity index (χ2n) is 5.26. The molecule has 0 aromatic heterocycles. The van der Waals surface area contributed by atoms with E-state index in [0.717, 1.165) is 32.0 Å². The number of nitrogens with one attached hydrogen (secondary N) is 1. The highest BCUT2D eigenvalue weighted by Gasteiger charge is 2.29. The van der Waals surface area contributed by atoms with Crippen molar-refractivity contribution < 1.29 is 9.90 Å². The number of aliphatic hydroxyl groups is 1. The largest absolute Gasteiger partial charge is 0.395 e. The quantitative estimate of drug-likeness (QED) is 0.762. The number of carbonyl (C=O) groups excluding carboxylic acids is 1. The SMILES string of the molecule is O=C(NCCO)C1CCN(C2CCCC2)CC1. The van der Waals surface area contributed by atoms with Crippen LogP contribution in [-0.4, -0.2) is 48.2 Å². The van der Waals surface area contributed by atoms with Crippen molar-refractivity contribution in [3.63, 3.8) is 0 Å². The monoisotopic (exact) mass is 240 g/mol. The molecule has 4 heteroatoms. The van der Waals surface area contributed by atoms with Crippen LogP contribution in [0.2, 0.25) is 0 Å². The summed E-state index contributed by atoms with van der Waals surface area (Å²) in [6.45, 7) is 2.57. The van der Waals surface area contributed by atoms with Crippen molar-refractivity contribution in [3.8, 4) is 0 Å². The minimum atomic E-state index is 0.0344. The van der Waals surface area contributed by atoms with Crippen LogP contribution in [0.4, 0.5) is 0 Å². The minimum absolute atomic E-state index is 0.0344. The van der Waals surface area contributed by atoms with E-state index in [1.165, 1.54) is 25.7 Å². The van der Waals surface area contributed by atoms with Crippen LogP contribution in [0.1, 0.15) is 38.5 Å². The summed E-state index contributed by atoms with van der Waals surface area (Å²) in [6.07, 6.45) is 7.41. The summed E-state index contributed by atoms with van der Waals surface area (Å²) in [5, 5.41) is 11.5. The number of nitrogens with zero attached hydrogens (tertiary/aromatic N) is 1. The summed E-state index contributed by atoms with van der Waals surface area (Å²) in [6, 6.07) is 0.788. The van der Waals surface area contributed by atoms with E-state index < -0.39 is 0 Å². The van der Waals surface area contributed by atoms with Crippen LogP contribution in [-0.2, 0) is 4.79 Å². The Hall–Kier alpha value is -0.610. The maximum atomic E-state index is 11.7. The Morgan fingerprint density at radius 2 is 1.82 bits per heavy atom. The molecule has 1 saturated carbocycles. The first-order valence-electron chi connectivity index (χ1n) is 6.94. The molecule has 4 nitrogen and oxygen atoms in total. The predicted molar refractivity (Wildman–Crippen MR) is 66.6 cm³/mol. The summed E-state index contributed by atoms with van der Waals surface area (Å²) < 4.78 is 0. The number of rotatable bonds is 4. The van der Waals surface area contributed by atoms with E-state index in [1.807, 2.05) is 0 Å². The lowest BCUT2D eigenvalue weighted by atomic mass is 9.94. The molecule has 1 amide bonds. The molecule has 0 aromatic carbocycles. The fourth-order valence-corrected chi connectivity index (χ4v) is 3.12. The smallest absolute Gasteiger partial charge is 0.223 e. The van der Waals surface area contributed by atoms with Crippen LogP contribution < -0.4 is 5.32 Å². The number of likely N-dealkylation sites (tertiary alicyclic amines) is 1. The molecule has 0 bridgehead atoms. The van der Waals surface area contributed by atoms with Gasteiger partial charge in [-0.05, 0) is 38.8 Å². The zero-order valence-electron chi connectivity index (χ0n) is 10.5. The summed E-state index contributed by atoms with van der Waals surface area (Å²) in [5.74, 6) is 0.296. The van der Waals surface area contributed by atoms with E-state index in [4.69, 9.17) is 5.11 Å². The van der Waals surface area contributed by atoms with E-state index in [-0.39, 0.29) is 18.4 Å². The molecule has 1 saturated heterocycles. The highest BCUT2D eigenvalue weighted by Crippen LogP contribution is 2.27. The highest BCUT2D eigenvalue weighted by molar-refractivity contribution is 5.78. The van der Waals surface area contributed by atoms with Crippen LogP contribution >= 0.6 is 0 Å². The van der Waals surface area contributed by atoms with Crippen molar-refractivity contribution >= 4 is 5.91 Å². The maximum absolute atomic E-state index is 11.7. The zero-order chi connectivity index (χ0) is 12.1. The first kappa shape index (κ1) is 12.8. The topological polar surface area (TPSA) is 52.6 Å². The van der Waals surface area contributed by atoms with Gasteiger partial charge in [-0.25, -0.2) is 0 Å². The van der Waals surface area contributed by atoms with Gasteiger partial charge in [0.2, 0.25) is 5.91 Å². The standard InChI is InChI=1S/C13H24N2O2/c16-10-7-14-13(17)11-5-8-15(9-6-11)12-3-1-2-4-12/h11-12,16H,1-10H2,(H,14,17). The molecule has 0 spiro atoms. The van der Waals surface area contributed by atoms with Gasteiger partial charge in [0, 0.05) is 18.5 Å². The van der Waals surface area contributed by atoms with Crippen LogP contribution in [0.5, 0.6) is 0 Å². The first-order chi connectivity index (χ1) is 8.31. The van der Waals surface area contributed by atoms with Gasteiger partial charge in [0.05, 0.1) is 6.61 Å². The van der Waals surface area contributed by atoms with Gasteiger partial charge in [-0.1, -0.05) is 12.8 Å². The summed E-state index contributed by atoms with van der Waals surface area (Å²) >= 11 is 0. The van der Waals surface area contributed by atoms with Crippen molar-refractivity contribution in [3.05, 3.63) is 0 Å². The number of piperidine rings is 1. The van der Waals surface area contributed by atoms with Crippen LogP contribution in [0.3, 0.4) is 0 Å². The molecule has 1 aliphatic heterocycles. The maximum Gasteiger partial charge on any atom is 0.223 e. The van der Waals surface area contributed by atoms with Crippen molar-refractivity contribution in [1.82, 2.24) is 10.2 Å². The lowest BCUT2D eigenvalue weighted by molar-refractivity contribution is -0.126. The van der Waals surface area contributed by atoms with Gasteiger partial charge in [-0.2, -0.15) is 0 Å². The third-order valence-corrected chi connectivity index (χ3v) is 4.15. The Morgan fingerprint density at radius 1 is 1.18 bits per heavy atom. The van der Waals surface area contributed by atoms with Crippen LogP contribution in [0.15, 0.2) is 0 Å². The molecule has 2 N–H and O–H groups in total. The van der Waals surface area contributed by atoms with Crippen LogP contribution in [0.25, 0.3) is 0 Å². The third-order valence-electron chi connectivity index (χ3n) is 4.15. The number of aliphatic hydroxyl groups excluding tert-OH is 1. The average Bonchev–Trinajstić information content (AvgIpc) is 2.90. The fraction of sp³-hybridized carbons (Fsp3) is 0.923. The van der Waals surface area contributed by atoms with Crippen molar-refractivity contribution in [2.75, 3.05) is 26.2 Å². The summed E-state index contributed by atoms with van der Waals surface area (Å²) in [5.41, 5.74) is 0. The van der Waals surface area contributed by atoms with Gasteiger partial charge in [0.25, 0.3) is 0 Å². The molecule has 1 heterocycles. The Morgan fingerprint density at radius 3 is 2.41 bits per heavy atom. The molecule has 2 rings (SSSR count). The van der Waals surface area contributed by atoms with E-state index in [0.29, 0.717) is 6.54 Å².